The Morgan fingerprint density at radius 2 is 1.50 bits per heavy atom. The molecule has 7 heteroatoms. The van der Waals surface area contributed by atoms with Crippen LogP contribution in [0.1, 0.15) is 47.9 Å². The van der Waals surface area contributed by atoms with Gasteiger partial charge in [-0.15, -0.1) is 0 Å². The molecule has 158 valence electrons. The number of amides is 2. The molecule has 1 unspecified atom stereocenters. The Morgan fingerprint density at radius 1 is 0.867 bits per heavy atom. The first-order chi connectivity index (χ1) is 14.3. The Morgan fingerprint density at radius 3 is 2.10 bits per heavy atom. The van der Waals surface area contributed by atoms with Gasteiger partial charge in [0.15, 0.2) is 12.4 Å². The summed E-state index contributed by atoms with van der Waals surface area (Å²) in [6.45, 7) is 4.87. The summed E-state index contributed by atoms with van der Waals surface area (Å²) in [7, 11) is 0. The van der Waals surface area contributed by atoms with Gasteiger partial charge in [-0.25, -0.2) is 0 Å². The predicted octanol–water partition coefficient (Wildman–Crippen LogP) is 3.22. The standard InChI is InChI=1S/C23H26N2O5/c1-15(2)22(28)25-19-11-9-17(10-12-19)20(26)14-30-21(27)13-16(3)24-23(29)18-7-5-4-6-8-18/h4-12,15-16H,13-14H2,1-3H3,(H,24,29)(H,25,28). The SMILES string of the molecule is CC(CC(=O)OCC(=O)c1ccc(NC(=O)C(C)C)cc1)NC(=O)c1ccccc1. The molecule has 7 nitrogen and oxygen atoms in total. The maximum Gasteiger partial charge on any atom is 0.308 e. The summed E-state index contributed by atoms with van der Waals surface area (Å²) >= 11 is 0. The number of hydrogen-bond acceptors (Lipinski definition) is 5. The van der Waals surface area contributed by atoms with E-state index in [0.29, 0.717) is 16.8 Å². The molecule has 0 aliphatic carbocycles. The number of hydrogen-bond donors (Lipinski definition) is 2. The van der Waals surface area contributed by atoms with E-state index in [1.807, 2.05) is 6.07 Å². The first-order valence-corrected chi connectivity index (χ1v) is 9.72. The van der Waals surface area contributed by atoms with E-state index < -0.39 is 18.6 Å². The van der Waals surface area contributed by atoms with E-state index in [1.165, 1.54) is 0 Å². The quantitative estimate of drug-likeness (QED) is 0.488. The third-order valence-electron chi connectivity index (χ3n) is 4.25. The fourth-order valence-corrected chi connectivity index (χ4v) is 2.51. The molecule has 0 bridgehead atoms. The second-order valence-corrected chi connectivity index (χ2v) is 7.25. The van der Waals surface area contributed by atoms with Gasteiger partial charge in [-0.05, 0) is 43.3 Å². The summed E-state index contributed by atoms with van der Waals surface area (Å²) in [6, 6.07) is 14.6. The second-order valence-electron chi connectivity index (χ2n) is 7.25. The van der Waals surface area contributed by atoms with E-state index in [1.54, 1.807) is 69.3 Å². The highest BCUT2D eigenvalue weighted by Gasteiger charge is 2.16. The summed E-state index contributed by atoms with van der Waals surface area (Å²) in [4.78, 5) is 47.9. The lowest BCUT2D eigenvalue weighted by atomic mass is 10.1. The summed E-state index contributed by atoms with van der Waals surface area (Å²) in [5.74, 6) is -1.48. The fourth-order valence-electron chi connectivity index (χ4n) is 2.51. The van der Waals surface area contributed by atoms with E-state index in [0.717, 1.165) is 0 Å². The normalized spacial score (nSPS) is 11.5. The number of ether oxygens (including phenoxy) is 1. The highest BCUT2D eigenvalue weighted by molar-refractivity contribution is 5.99. The van der Waals surface area contributed by atoms with Gasteiger partial charge in [0.25, 0.3) is 5.91 Å². The first-order valence-electron chi connectivity index (χ1n) is 9.72. The zero-order chi connectivity index (χ0) is 22.1. The maximum absolute atomic E-state index is 12.2. The lowest BCUT2D eigenvalue weighted by molar-refractivity contribution is -0.142. The third kappa shape index (κ3) is 7.16. The monoisotopic (exact) mass is 410 g/mol. The highest BCUT2D eigenvalue weighted by Crippen LogP contribution is 2.12. The lowest BCUT2D eigenvalue weighted by Gasteiger charge is -2.13. The highest BCUT2D eigenvalue weighted by atomic mass is 16.5. The van der Waals surface area contributed by atoms with Crippen molar-refractivity contribution in [2.24, 2.45) is 5.92 Å². The number of ketones is 1. The lowest BCUT2D eigenvalue weighted by Crippen LogP contribution is -2.34. The van der Waals surface area contributed by atoms with Gasteiger partial charge in [0.2, 0.25) is 5.91 Å². The van der Waals surface area contributed by atoms with Crippen LogP contribution in [0.4, 0.5) is 5.69 Å². The first kappa shape index (κ1) is 22.8. The second kappa shape index (κ2) is 10.9. The minimum Gasteiger partial charge on any atom is -0.457 e. The number of anilines is 1. The maximum atomic E-state index is 12.2. The molecule has 2 N–H and O–H groups in total. The minimum absolute atomic E-state index is 0.0496. The van der Waals surface area contributed by atoms with E-state index in [4.69, 9.17) is 4.74 Å². The van der Waals surface area contributed by atoms with Crippen molar-refractivity contribution in [1.82, 2.24) is 5.32 Å². The average Bonchev–Trinajstić information content (AvgIpc) is 2.73. The van der Waals surface area contributed by atoms with Gasteiger partial charge in [-0.3, -0.25) is 19.2 Å². The molecular formula is C23H26N2O5. The van der Waals surface area contributed by atoms with Gasteiger partial charge in [0, 0.05) is 28.8 Å². The molecule has 0 aliphatic rings. The van der Waals surface area contributed by atoms with Crippen LogP contribution >= 0.6 is 0 Å². The Bertz CT molecular complexity index is 892. The van der Waals surface area contributed by atoms with Gasteiger partial charge < -0.3 is 15.4 Å². The van der Waals surface area contributed by atoms with Crippen molar-refractivity contribution < 1.29 is 23.9 Å². The van der Waals surface area contributed by atoms with Crippen LogP contribution < -0.4 is 10.6 Å². The number of benzene rings is 2. The van der Waals surface area contributed by atoms with Crippen molar-refractivity contribution in [2.45, 2.75) is 33.2 Å². The Labute approximate surface area is 175 Å². The Balaban J connectivity index is 1.77. The minimum atomic E-state index is -0.579. The van der Waals surface area contributed by atoms with Crippen molar-refractivity contribution in [1.29, 1.82) is 0 Å². The Kier molecular flexibility index (Phi) is 8.29. The molecule has 0 fully saturated rings. The number of rotatable bonds is 9. The molecule has 1 atom stereocenters. The molecule has 2 rings (SSSR count). The summed E-state index contributed by atoms with van der Waals surface area (Å²) in [5.41, 5.74) is 1.46. The van der Waals surface area contributed by atoms with Crippen molar-refractivity contribution in [2.75, 3.05) is 11.9 Å². The molecule has 0 heterocycles. The van der Waals surface area contributed by atoms with E-state index in [-0.39, 0.29) is 29.9 Å². The summed E-state index contributed by atoms with van der Waals surface area (Å²) in [6.07, 6.45) is -0.0496. The molecule has 0 radical (unpaired) electrons. The number of carbonyl (C=O) groups excluding carboxylic acids is 4. The van der Waals surface area contributed by atoms with Gasteiger partial charge >= 0.3 is 5.97 Å². The van der Waals surface area contributed by atoms with E-state index >= 15 is 0 Å². The van der Waals surface area contributed by atoms with Crippen molar-refractivity contribution in [3.8, 4) is 0 Å². The zero-order valence-electron chi connectivity index (χ0n) is 17.3. The molecule has 0 aliphatic heterocycles. The van der Waals surface area contributed by atoms with Crippen molar-refractivity contribution in [3.63, 3.8) is 0 Å². The van der Waals surface area contributed by atoms with Crippen LogP contribution in [0.15, 0.2) is 54.6 Å². The van der Waals surface area contributed by atoms with Gasteiger partial charge in [-0.1, -0.05) is 32.0 Å². The fraction of sp³-hybridized carbons (Fsp3) is 0.304. The van der Waals surface area contributed by atoms with Crippen LogP contribution in [0.25, 0.3) is 0 Å². The average molecular weight is 410 g/mol. The molecule has 0 aromatic heterocycles. The number of carbonyl (C=O) groups is 4. The van der Waals surface area contributed by atoms with Gasteiger partial charge in [0.1, 0.15) is 0 Å². The van der Waals surface area contributed by atoms with Crippen LogP contribution in [0.2, 0.25) is 0 Å². The van der Waals surface area contributed by atoms with Crippen LogP contribution in [0, 0.1) is 5.92 Å². The predicted molar refractivity (Wildman–Crippen MR) is 113 cm³/mol. The largest absolute Gasteiger partial charge is 0.457 e. The smallest absolute Gasteiger partial charge is 0.308 e. The zero-order valence-corrected chi connectivity index (χ0v) is 17.3. The molecule has 0 saturated heterocycles. The summed E-state index contributed by atoms with van der Waals surface area (Å²) in [5, 5.41) is 5.45. The van der Waals surface area contributed by atoms with Gasteiger partial charge in [-0.2, -0.15) is 0 Å². The molecule has 30 heavy (non-hydrogen) atoms. The van der Waals surface area contributed by atoms with Gasteiger partial charge in [0.05, 0.1) is 6.42 Å². The van der Waals surface area contributed by atoms with E-state index in [9.17, 15) is 19.2 Å². The number of esters is 1. The topological polar surface area (TPSA) is 102 Å². The van der Waals surface area contributed by atoms with Crippen LogP contribution in [0.5, 0.6) is 0 Å². The molecule has 0 saturated carbocycles. The van der Waals surface area contributed by atoms with Crippen molar-refractivity contribution in [3.05, 3.63) is 65.7 Å². The third-order valence-corrected chi connectivity index (χ3v) is 4.25. The molecule has 2 aromatic carbocycles. The van der Waals surface area contributed by atoms with Crippen LogP contribution in [-0.2, 0) is 14.3 Å². The Hall–Kier alpha value is -3.48. The number of nitrogens with one attached hydrogen (secondary N) is 2. The van der Waals surface area contributed by atoms with Crippen molar-refractivity contribution >= 4 is 29.3 Å². The van der Waals surface area contributed by atoms with Crippen LogP contribution in [-0.4, -0.2) is 36.2 Å². The summed E-state index contributed by atoms with van der Waals surface area (Å²) < 4.78 is 5.03. The molecule has 2 amide bonds. The molecule has 2 aromatic rings. The van der Waals surface area contributed by atoms with Crippen LogP contribution in [0.3, 0.4) is 0 Å². The number of Topliss-reactive ketones (excluding diaryl/α,β-unsaturated/α-hetero) is 1. The molecular weight excluding hydrogens is 384 g/mol. The van der Waals surface area contributed by atoms with E-state index in [2.05, 4.69) is 10.6 Å². The molecule has 0 spiro atoms.